The number of rotatable bonds is 4. The van der Waals surface area contributed by atoms with Crippen molar-refractivity contribution < 1.29 is 14.3 Å². The molecule has 3 aliphatic rings. The number of nitrogens with one attached hydrogen (secondary N) is 1. The molecule has 1 saturated heterocycles. The lowest BCUT2D eigenvalue weighted by atomic mass is 9.91. The first-order valence-electron chi connectivity index (χ1n) is 10.2. The normalized spacial score (nSPS) is 27.8. The Morgan fingerprint density at radius 2 is 1.96 bits per heavy atom. The van der Waals surface area contributed by atoms with Crippen LogP contribution < -0.4 is 10.1 Å². The molecule has 4 rings (SSSR count). The summed E-state index contributed by atoms with van der Waals surface area (Å²) in [4.78, 5) is 29.1. The van der Waals surface area contributed by atoms with E-state index in [-0.39, 0.29) is 17.9 Å². The van der Waals surface area contributed by atoms with E-state index in [0.717, 1.165) is 29.9 Å². The molecule has 28 heavy (non-hydrogen) atoms. The second-order valence-corrected chi connectivity index (χ2v) is 8.37. The Hall–Kier alpha value is -2.34. The molecule has 2 amide bonds. The monoisotopic (exact) mass is 383 g/mol. The van der Waals surface area contributed by atoms with E-state index in [1.165, 1.54) is 12.8 Å². The molecule has 0 aromatic heterocycles. The first kappa shape index (κ1) is 19.0. The van der Waals surface area contributed by atoms with Crippen molar-refractivity contribution in [3.63, 3.8) is 0 Å². The van der Waals surface area contributed by atoms with Crippen molar-refractivity contribution in [3.05, 3.63) is 41.6 Å². The molecule has 1 N–H and O–H groups in total. The van der Waals surface area contributed by atoms with Gasteiger partial charge in [0.1, 0.15) is 17.9 Å². The second-order valence-electron chi connectivity index (χ2n) is 8.37. The van der Waals surface area contributed by atoms with Gasteiger partial charge in [0.15, 0.2) is 0 Å². The fourth-order valence-corrected chi connectivity index (χ4v) is 4.68. The number of amides is 2. The van der Waals surface area contributed by atoms with Crippen LogP contribution in [0.2, 0.25) is 0 Å². The zero-order chi connectivity index (χ0) is 19.8. The molecule has 0 radical (unpaired) electrons. The Bertz CT molecular complexity index is 804. The van der Waals surface area contributed by atoms with Crippen molar-refractivity contribution in [2.45, 2.75) is 63.3 Å². The van der Waals surface area contributed by atoms with Crippen molar-refractivity contribution in [3.8, 4) is 5.75 Å². The minimum absolute atomic E-state index is 0.0713. The Morgan fingerprint density at radius 3 is 2.71 bits per heavy atom. The Morgan fingerprint density at radius 1 is 1.18 bits per heavy atom. The lowest BCUT2D eigenvalue weighted by Crippen LogP contribution is -2.49. The number of carbonyl (C=O) groups excluding carboxylic acids is 2. The smallest absolute Gasteiger partial charge is 0.255 e. The Kier molecular flexibility index (Phi) is 5.15. The highest BCUT2D eigenvalue weighted by atomic mass is 16.5. The lowest BCUT2D eigenvalue weighted by Gasteiger charge is -2.36. The zero-order valence-electron chi connectivity index (χ0n) is 16.7. The predicted octanol–water partition coefficient (Wildman–Crippen LogP) is 2.69. The maximum Gasteiger partial charge on any atom is 0.255 e. The number of allylic oxidation sites excluding steroid dienone is 1. The van der Waals surface area contributed by atoms with Gasteiger partial charge in [-0.25, -0.2) is 0 Å². The number of ether oxygens (including phenoxy) is 1. The molecule has 2 fully saturated rings. The van der Waals surface area contributed by atoms with Crippen LogP contribution in [0.1, 0.15) is 54.4 Å². The third-order valence-corrected chi connectivity index (χ3v) is 6.23. The maximum absolute atomic E-state index is 12.8. The maximum atomic E-state index is 12.8. The van der Waals surface area contributed by atoms with Crippen LogP contribution in [0.25, 0.3) is 0 Å². The molecule has 1 saturated carbocycles. The number of benzene rings is 1. The summed E-state index contributed by atoms with van der Waals surface area (Å²) in [5.74, 6) is 0.608. The van der Waals surface area contributed by atoms with Crippen LogP contribution in [0.5, 0.6) is 5.75 Å². The largest absolute Gasteiger partial charge is 0.489 e. The number of piperidine rings is 1. The number of likely N-dealkylation sites (N-methyl/N-ethyl adjacent to an activating group) is 1. The Balaban J connectivity index is 1.49. The van der Waals surface area contributed by atoms with Crippen LogP contribution in [-0.2, 0) is 11.3 Å². The average molecular weight is 383 g/mol. The van der Waals surface area contributed by atoms with Crippen LogP contribution in [0.15, 0.2) is 30.5 Å². The van der Waals surface area contributed by atoms with Gasteiger partial charge >= 0.3 is 0 Å². The van der Waals surface area contributed by atoms with Gasteiger partial charge in [-0.2, -0.15) is 0 Å². The summed E-state index contributed by atoms with van der Waals surface area (Å²) in [5, 5.41) is 2.78. The van der Waals surface area contributed by atoms with E-state index < -0.39 is 6.04 Å². The van der Waals surface area contributed by atoms with E-state index in [1.54, 1.807) is 4.90 Å². The lowest BCUT2D eigenvalue weighted by molar-refractivity contribution is -0.126. The third-order valence-electron chi connectivity index (χ3n) is 6.23. The van der Waals surface area contributed by atoms with E-state index in [1.807, 2.05) is 18.2 Å². The molecule has 3 atom stereocenters. The SMILES string of the molecule is C=C1CCC(N2Cc3cc(OC4CCCCC4N(C)C)ccc3C2=O)C(=O)N1. The molecule has 1 aliphatic carbocycles. The molecule has 1 aromatic rings. The first-order chi connectivity index (χ1) is 13.4. The van der Waals surface area contributed by atoms with E-state index in [2.05, 4.69) is 30.9 Å². The summed E-state index contributed by atoms with van der Waals surface area (Å²) < 4.78 is 6.34. The quantitative estimate of drug-likeness (QED) is 0.868. The van der Waals surface area contributed by atoms with Gasteiger partial charge in [0.2, 0.25) is 5.91 Å². The highest BCUT2D eigenvalue weighted by molar-refractivity contribution is 6.01. The number of carbonyl (C=O) groups is 2. The molecule has 6 nitrogen and oxygen atoms in total. The van der Waals surface area contributed by atoms with Crippen LogP contribution in [0.4, 0.5) is 0 Å². The summed E-state index contributed by atoms with van der Waals surface area (Å²) in [7, 11) is 4.21. The van der Waals surface area contributed by atoms with E-state index in [0.29, 0.717) is 31.0 Å². The Labute approximate surface area is 166 Å². The number of hydrogen-bond acceptors (Lipinski definition) is 4. The van der Waals surface area contributed by atoms with Crippen molar-refractivity contribution in [2.75, 3.05) is 14.1 Å². The van der Waals surface area contributed by atoms with Crippen molar-refractivity contribution in [1.29, 1.82) is 0 Å². The molecular formula is C22H29N3O3. The van der Waals surface area contributed by atoms with Gasteiger partial charge in [-0.1, -0.05) is 13.0 Å². The second kappa shape index (κ2) is 7.59. The summed E-state index contributed by atoms with van der Waals surface area (Å²) >= 11 is 0. The summed E-state index contributed by atoms with van der Waals surface area (Å²) in [5.41, 5.74) is 2.35. The molecule has 150 valence electrons. The van der Waals surface area contributed by atoms with Crippen molar-refractivity contribution in [2.24, 2.45) is 0 Å². The number of hydrogen-bond donors (Lipinski definition) is 1. The van der Waals surface area contributed by atoms with Gasteiger partial charge in [-0.15, -0.1) is 0 Å². The van der Waals surface area contributed by atoms with Crippen LogP contribution >= 0.6 is 0 Å². The fraction of sp³-hybridized carbons (Fsp3) is 0.545. The molecule has 2 heterocycles. The average Bonchev–Trinajstić information content (AvgIpc) is 2.98. The molecule has 0 bridgehead atoms. The fourth-order valence-electron chi connectivity index (χ4n) is 4.68. The van der Waals surface area contributed by atoms with Crippen LogP contribution in [0, 0.1) is 0 Å². The van der Waals surface area contributed by atoms with Crippen LogP contribution in [0.3, 0.4) is 0 Å². The van der Waals surface area contributed by atoms with Gasteiger partial charge in [0.05, 0.1) is 0 Å². The topological polar surface area (TPSA) is 61.9 Å². The van der Waals surface area contributed by atoms with E-state index >= 15 is 0 Å². The van der Waals surface area contributed by atoms with Crippen LogP contribution in [-0.4, -0.2) is 53.9 Å². The first-order valence-corrected chi connectivity index (χ1v) is 10.2. The number of nitrogens with zero attached hydrogens (tertiary/aromatic N) is 2. The molecule has 2 aliphatic heterocycles. The highest BCUT2D eigenvalue weighted by Gasteiger charge is 2.38. The molecule has 0 spiro atoms. The summed E-state index contributed by atoms with van der Waals surface area (Å²) in [6, 6.07) is 5.71. The van der Waals surface area contributed by atoms with E-state index in [4.69, 9.17) is 4.74 Å². The van der Waals surface area contributed by atoms with Gasteiger partial charge in [-0.05, 0) is 70.0 Å². The summed E-state index contributed by atoms with van der Waals surface area (Å²) in [6.07, 6.45) is 6.14. The molecular weight excluding hydrogens is 354 g/mol. The van der Waals surface area contributed by atoms with Crippen molar-refractivity contribution >= 4 is 11.8 Å². The van der Waals surface area contributed by atoms with Gasteiger partial charge < -0.3 is 19.9 Å². The minimum atomic E-state index is -0.425. The third kappa shape index (κ3) is 3.53. The zero-order valence-corrected chi connectivity index (χ0v) is 16.7. The predicted molar refractivity (Wildman–Crippen MR) is 107 cm³/mol. The molecule has 1 aromatic carbocycles. The van der Waals surface area contributed by atoms with E-state index in [9.17, 15) is 9.59 Å². The van der Waals surface area contributed by atoms with Gasteiger partial charge in [0.25, 0.3) is 5.91 Å². The van der Waals surface area contributed by atoms with Gasteiger partial charge in [0, 0.05) is 23.8 Å². The number of fused-ring (bicyclic) bond motifs is 1. The minimum Gasteiger partial charge on any atom is -0.489 e. The molecule has 6 heteroatoms. The van der Waals surface area contributed by atoms with Gasteiger partial charge in [-0.3, -0.25) is 9.59 Å². The standard InChI is InChI=1S/C22H29N3O3/c1-14-8-11-19(21(26)23-14)25-13-15-12-16(9-10-17(15)22(25)27)28-20-7-5-4-6-18(20)24(2)3/h9-10,12,18-20H,1,4-8,11,13H2,2-3H3,(H,23,26). The van der Waals surface area contributed by atoms with Crippen molar-refractivity contribution in [1.82, 2.24) is 15.1 Å². The summed E-state index contributed by atoms with van der Waals surface area (Å²) in [6.45, 7) is 4.27. The highest BCUT2D eigenvalue weighted by Crippen LogP contribution is 2.32. The molecule has 3 unspecified atom stereocenters.